The third-order valence-electron chi connectivity index (χ3n) is 3.03. The molecule has 0 spiro atoms. The number of hydrogen-bond donors (Lipinski definition) is 1. The average Bonchev–Trinajstić information content (AvgIpc) is 3.10. The number of nitrogens with zero attached hydrogens (tertiary/aromatic N) is 3. The second-order valence-corrected chi connectivity index (χ2v) is 5.77. The lowest BCUT2D eigenvalue weighted by Gasteiger charge is -2.10. The summed E-state index contributed by atoms with van der Waals surface area (Å²) < 4.78 is 19.6. The molecule has 3 rings (SSSR count). The normalized spacial score (nSPS) is 12.5. The van der Waals surface area contributed by atoms with Crippen molar-refractivity contribution in [1.29, 1.82) is 0 Å². The van der Waals surface area contributed by atoms with Gasteiger partial charge in [0.05, 0.1) is 6.26 Å². The van der Waals surface area contributed by atoms with E-state index in [2.05, 4.69) is 10.2 Å². The summed E-state index contributed by atoms with van der Waals surface area (Å²) >= 11 is 1.45. The fourth-order valence-electron chi connectivity index (χ4n) is 1.89. The highest BCUT2D eigenvalue weighted by molar-refractivity contribution is 7.99. The van der Waals surface area contributed by atoms with E-state index in [1.807, 2.05) is 6.92 Å². The number of nitrogen functional groups attached to an aromatic ring is 1. The molecule has 108 valence electrons. The molecule has 0 fully saturated rings. The Morgan fingerprint density at radius 2 is 2.00 bits per heavy atom. The topological polar surface area (TPSA) is 69.9 Å². The minimum atomic E-state index is -0.252. The Morgan fingerprint density at radius 1 is 1.24 bits per heavy atom. The van der Waals surface area contributed by atoms with Crippen LogP contribution >= 0.6 is 11.8 Å². The number of rotatable bonds is 4. The molecule has 0 aliphatic heterocycles. The minimum absolute atomic E-state index is 0.0709. The Kier molecular flexibility index (Phi) is 3.66. The number of thioether (sulfide) groups is 1. The van der Waals surface area contributed by atoms with Gasteiger partial charge in [-0.1, -0.05) is 23.9 Å². The standard InChI is InChI=1S/C14H13FN4OS/c1-9(10-4-6-11(15)7-5-10)21-14-18-17-13(19(14)16)12-3-2-8-20-12/h2-9H,16H2,1H3/t9-/m0/s1. The molecular formula is C14H13FN4OS. The van der Waals surface area contributed by atoms with E-state index in [1.165, 1.54) is 28.6 Å². The molecule has 3 aromatic rings. The van der Waals surface area contributed by atoms with Crippen molar-refractivity contribution in [3.05, 3.63) is 54.0 Å². The molecule has 5 nitrogen and oxygen atoms in total. The highest BCUT2D eigenvalue weighted by Crippen LogP contribution is 2.34. The average molecular weight is 304 g/mol. The van der Waals surface area contributed by atoms with Gasteiger partial charge in [0.25, 0.3) is 0 Å². The van der Waals surface area contributed by atoms with Gasteiger partial charge in [-0.05, 0) is 36.8 Å². The highest BCUT2D eigenvalue weighted by atomic mass is 32.2. The molecule has 21 heavy (non-hydrogen) atoms. The molecule has 0 aliphatic rings. The Labute approximate surface area is 124 Å². The van der Waals surface area contributed by atoms with Crippen LogP contribution < -0.4 is 5.84 Å². The molecule has 0 aliphatic carbocycles. The molecule has 0 radical (unpaired) electrons. The number of aromatic nitrogens is 3. The highest BCUT2D eigenvalue weighted by Gasteiger charge is 2.17. The lowest BCUT2D eigenvalue weighted by atomic mass is 10.2. The maximum atomic E-state index is 12.9. The van der Waals surface area contributed by atoms with Crippen LogP contribution in [0.15, 0.2) is 52.2 Å². The third-order valence-corrected chi connectivity index (χ3v) is 4.14. The molecule has 0 bridgehead atoms. The first-order valence-electron chi connectivity index (χ1n) is 6.31. The second-order valence-electron chi connectivity index (χ2n) is 4.47. The van der Waals surface area contributed by atoms with Gasteiger partial charge in [-0.25, -0.2) is 9.07 Å². The van der Waals surface area contributed by atoms with Crippen molar-refractivity contribution in [2.75, 3.05) is 5.84 Å². The molecule has 0 amide bonds. The zero-order valence-electron chi connectivity index (χ0n) is 11.2. The van der Waals surface area contributed by atoms with Crippen molar-refractivity contribution in [2.24, 2.45) is 0 Å². The molecule has 0 saturated carbocycles. The van der Waals surface area contributed by atoms with Gasteiger partial charge in [-0.2, -0.15) is 0 Å². The summed E-state index contributed by atoms with van der Waals surface area (Å²) in [6, 6.07) is 9.90. The molecule has 0 unspecified atom stereocenters. The van der Waals surface area contributed by atoms with Crippen molar-refractivity contribution in [3.63, 3.8) is 0 Å². The molecule has 0 saturated heterocycles. The first-order chi connectivity index (χ1) is 10.1. The van der Waals surface area contributed by atoms with E-state index in [-0.39, 0.29) is 11.1 Å². The lowest BCUT2D eigenvalue weighted by Crippen LogP contribution is -2.11. The zero-order chi connectivity index (χ0) is 14.8. The van der Waals surface area contributed by atoms with Crippen LogP contribution in [0, 0.1) is 5.82 Å². The van der Waals surface area contributed by atoms with E-state index in [0.29, 0.717) is 16.7 Å². The number of hydrogen-bond acceptors (Lipinski definition) is 5. The first-order valence-corrected chi connectivity index (χ1v) is 7.19. The lowest BCUT2D eigenvalue weighted by molar-refractivity contribution is 0.574. The fraction of sp³-hybridized carbons (Fsp3) is 0.143. The van der Waals surface area contributed by atoms with Crippen LogP contribution in [0.2, 0.25) is 0 Å². The van der Waals surface area contributed by atoms with Gasteiger partial charge < -0.3 is 10.3 Å². The van der Waals surface area contributed by atoms with Gasteiger partial charge in [-0.3, -0.25) is 0 Å². The van der Waals surface area contributed by atoms with Crippen LogP contribution in [0.3, 0.4) is 0 Å². The molecule has 1 atom stereocenters. The Balaban J connectivity index is 1.81. The fourth-order valence-corrected chi connectivity index (χ4v) is 2.79. The monoisotopic (exact) mass is 304 g/mol. The number of halogens is 1. The van der Waals surface area contributed by atoms with Gasteiger partial charge in [0, 0.05) is 5.25 Å². The summed E-state index contributed by atoms with van der Waals surface area (Å²) in [6.07, 6.45) is 1.55. The first kappa shape index (κ1) is 13.7. The predicted octanol–water partition coefficient (Wildman–Crippen LogP) is 3.24. The Morgan fingerprint density at radius 3 is 2.67 bits per heavy atom. The summed E-state index contributed by atoms with van der Waals surface area (Å²) in [7, 11) is 0. The summed E-state index contributed by atoms with van der Waals surface area (Å²) in [5.74, 6) is 6.77. The number of furan rings is 1. The van der Waals surface area contributed by atoms with E-state index in [9.17, 15) is 4.39 Å². The SMILES string of the molecule is C[C@H](Sc1nnc(-c2ccco2)n1N)c1ccc(F)cc1. The van der Waals surface area contributed by atoms with Gasteiger partial charge >= 0.3 is 0 Å². The molecule has 2 N–H and O–H groups in total. The molecule has 2 heterocycles. The Bertz CT molecular complexity index is 724. The smallest absolute Gasteiger partial charge is 0.218 e. The summed E-state index contributed by atoms with van der Waals surface area (Å²) in [4.78, 5) is 0. The predicted molar refractivity (Wildman–Crippen MR) is 78.5 cm³/mol. The van der Waals surface area contributed by atoms with E-state index in [4.69, 9.17) is 10.3 Å². The van der Waals surface area contributed by atoms with Crippen molar-refractivity contribution in [1.82, 2.24) is 14.9 Å². The molecule has 1 aromatic carbocycles. The van der Waals surface area contributed by atoms with Crippen LogP contribution in [0.4, 0.5) is 4.39 Å². The molecule has 7 heteroatoms. The van der Waals surface area contributed by atoms with E-state index in [0.717, 1.165) is 5.56 Å². The third kappa shape index (κ3) is 2.78. The van der Waals surface area contributed by atoms with Gasteiger partial charge in [0.2, 0.25) is 11.0 Å². The Hall–Kier alpha value is -2.28. The summed E-state index contributed by atoms with van der Waals surface area (Å²) in [5, 5.41) is 8.74. The van der Waals surface area contributed by atoms with E-state index in [1.54, 1.807) is 30.5 Å². The number of benzene rings is 1. The van der Waals surface area contributed by atoms with E-state index < -0.39 is 0 Å². The molecule has 2 aromatic heterocycles. The second kappa shape index (κ2) is 5.61. The summed E-state index contributed by atoms with van der Waals surface area (Å²) in [6.45, 7) is 2.00. The van der Waals surface area contributed by atoms with Crippen LogP contribution in [0.1, 0.15) is 17.7 Å². The van der Waals surface area contributed by atoms with Gasteiger partial charge in [0.1, 0.15) is 5.82 Å². The van der Waals surface area contributed by atoms with Crippen molar-refractivity contribution in [3.8, 4) is 11.6 Å². The summed E-state index contributed by atoms with van der Waals surface area (Å²) in [5.41, 5.74) is 0.990. The van der Waals surface area contributed by atoms with Crippen molar-refractivity contribution < 1.29 is 8.81 Å². The zero-order valence-corrected chi connectivity index (χ0v) is 12.0. The molecular weight excluding hydrogens is 291 g/mol. The van der Waals surface area contributed by atoms with Crippen molar-refractivity contribution in [2.45, 2.75) is 17.3 Å². The van der Waals surface area contributed by atoms with Crippen LogP contribution in [0.25, 0.3) is 11.6 Å². The minimum Gasteiger partial charge on any atom is -0.461 e. The van der Waals surface area contributed by atoms with Gasteiger partial charge in [-0.15, -0.1) is 10.2 Å². The van der Waals surface area contributed by atoms with Crippen LogP contribution in [0.5, 0.6) is 0 Å². The van der Waals surface area contributed by atoms with E-state index >= 15 is 0 Å². The van der Waals surface area contributed by atoms with Crippen molar-refractivity contribution >= 4 is 11.8 Å². The maximum Gasteiger partial charge on any atom is 0.218 e. The van der Waals surface area contributed by atoms with Gasteiger partial charge in [0.15, 0.2) is 5.76 Å². The van der Waals surface area contributed by atoms with Crippen LogP contribution in [-0.2, 0) is 0 Å². The van der Waals surface area contributed by atoms with Crippen LogP contribution in [-0.4, -0.2) is 14.9 Å². The maximum absolute atomic E-state index is 12.9. The quantitative estimate of drug-likeness (QED) is 0.592. The largest absolute Gasteiger partial charge is 0.461 e. The number of nitrogens with two attached hydrogens (primary N) is 1.